The zero-order valence-electron chi connectivity index (χ0n) is 11.9. The number of halogens is 2. The van der Waals surface area contributed by atoms with Gasteiger partial charge in [0, 0.05) is 16.5 Å². The molecule has 2 aromatic heterocycles. The fourth-order valence-electron chi connectivity index (χ4n) is 2.35. The number of fused-ring (bicyclic) bond motifs is 1. The van der Waals surface area contributed by atoms with Crippen LogP contribution in [0, 0.1) is 6.92 Å². The Morgan fingerprint density at radius 3 is 2.78 bits per heavy atom. The number of amides is 1. The number of hydrogen-bond acceptors (Lipinski definition) is 4. The Morgan fingerprint density at radius 1 is 1.39 bits per heavy atom. The van der Waals surface area contributed by atoms with E-state index in [2.05, 4.69) is 9.97 Å². The Bertz CT molecular complexity index is 994. The molecule has 0 aliphatic rings. The first kappa shape index (κ1) is 16.0. The number of carbonyl (C=O) groups is 1. The van der Waals surface area contributed by atoms with Crippen molar-refractivity contribution < 1.29 is 4.79 Å². The molecule has 1 aromatic carbocycles. The molecule has 0 aliphatic carbocycles. The van der Waals surface area contributed by atoms with Gasteiger partial charge in [0.1, 0.15) is 10.7 Å². The van der Waals surface area contributed by atoms with Crippen LogP contribution in [0.1, 0.15) is 26.6 Å². The van der Waals surface area contributed by atoms with Gasteiger partial charge in [-0.2, -0.15) is 0 Å². The van der Waals surface area contributed by atoms with Gasteiger partial charge in [0.05, 0.1) is 10.3 Å². The summed E-state index contributed by atoms with van der Waals surface area (Å²) in [4.78, 5) is 31.7. The summed E-state index contributed by atoms with van der Waals surface area (Å²) in [7, 11) is 0. The van der Waals surface area contributed by atoms with E-state index in [1.807, 2.05) is 0 Å². The molecule has 8 heteroatoms. The topological polar surface area (TPSA) is 88.8 Å². The van der Waals surface area contributed by atoms with Crippen molar-refractivity contribution in [2.45, 2.75) is 13.3 Å². The number of carbonyl (C=O) groups excluding carboxylic acids is 1. The summed E-state index contributed by atoms with van der Waals surface area (Å²) in [5.41, 5.74) is 6.38. The van der Waals surface area contributed by atoms with Crippen molar-refractivity contribution in [1.82, 2.24) is 9.97 Å². The first-order valence-corrected chi connectivity index (χ1v) is 8.20. The number of aromatic amines is 1. The van der Waals surface area contributed by atoms with Crippen molar-refractivity contribution in [3.63, 3.8) is 0 Å². The second-order valence-electron chi connectivity index (χ2n) is 5.03. The molecule has 0 unspecified atom stereocenters. The van der Waals surface area contributed by atoms with Gasteiger partial charge in [0.15, 0.2) is 0 Å². The third-order valence-corrected chi connectivity index (χ3v) is 5.23. The van der Waals surface area contributed by atoms with Crippen LogP contribution in [0.2, 0.25) is 10.0 Å². The van der Waals surface area contributed by atoms with Gasteiger partial charge in [-0.15, -0.1) is 11.3 Å². The lowest BCUT2D eigenvalue weighted by atomic mass is 10.1. The highest BCUT2D eigenvalue weighted by atomic mass is 35.5. The van der Waals surface area contributed by atoms with E-state index in [-0.39, 0.29) is 5.56 Å². The summed E-state index contributed by atoms with van der Waals surface area (Å²) in [6.07, 6.45) is 0.351. The molecule has 2 heterocycles. The van der Waals surface area contributed by atoms with Crippen molar-refractivity contribution in [2.75, 3.05) is 0 Å². The van der Waals surface area contributed by atoms with Crippen molar-refractivity contribution in [3.05, 3.63) is 60.4 Å². The molecular weight excluding hydrogens is 357 g/mol. The number of aryl methyl sites for hydroxylation is 1. The Hall–Kier alpha value is -1.89. The van der Waals surface area contributed by atoms with Crippen LogP contribution >= 0.6 is 34.5 Å². The fraction of sp³-hybridized carbons (Fsp3) is 0.133. The number of primary amides is 1. The molecule has 0 spiro atoms. The van der Waals surface area contributed by atoms with Crippen LogP contribution in [0.15, 0.2) is 23.0 Å². The number of H-pyrrole nitrogens is 1. The van der Waals surface area contributed by atoms with E-state index in [0.29, 0.717) is 42.9 Å². The van der Waals surface area contributed by atoms with Crippen LogP contribution in [0.25, 0.3) is 10.2 Å². The van der Waals surface area contributed by atoms with E-state index >= 15 is 0 Å². The van der Waals surface area contributed by atoms with E-state index in [1.54, 1.807) is 25.1 Å². The molecule has 3 rings (SSSR count). The summed E-state index contributed by atoms with van der Waals surface area (Å²) in [6.45, 7) is 1.69. The third kappa shape index (κ3) is 2.97. The minimum atomic E-state index is -0.563. The normalized spacial score (nSPS) is 11.1. The Balaban J connectivity index is 2.09. The lowest BCUT2D eigenvalue weighted by Crippen LogP contribution is -2.13. The Kier molecular flexibility index (Phi) is 4.14. The highest BCUT2D eigenvalue weighted by Crippen LogP contribution is 2.27. The van der Waals surface area contributed by atoms with Gasteiger partial charge in [-0.25, -0.2) is 4.98 Å². The molecule has 0 bridgehead atoms. The zero-order valence-corrected chi connectivity index (χ0v) is 14.3. The molecule has 3 N–H and O–H groups in total. The molecule has 3 aromatic rings. The first-order valence-electron chi connectivity index (χ1n) is 6.63. The number of hydrogen-bond donors (Lipinski definition) is 2. The number of nitrogens with one attached hydrogen (secondary N) is 1. The van der Waals surface area contributed by atoms with Crippen LogP contribution in [0.5, 0.6) is 0 Å². The van der Waals surface area contributed by atoms with Crippen LogP contribution in [0.3, 0.4) is 0 Å². The van der Waals surface area contributed by atoms with E-state index in [9.17, 15) is 9.59 Å². The zero-order chi connectivity index (χ0) is 16.7. The van der Waals surface area contributed by atoms with Gasteiger partial charge in [-0.05, 0) is 30.2 Å². The average molecular weight is 368 g/mol. The quantitative estimate of drug-likeness (QED) is 0.744. The summed E-state index contributed by atoms with van der Waals surface area (Å²) in [5.74, 6) is -0.101. The molecule has 0 fully saturated rings. The molecule has 5 nitrogen and oxygen atoms in total. The number of aromatic nitrogens is 2. The molecule has 0 saturated heterocycles. The number of nitrogens with zero attached hydrogens (tertiary/aromatic N) is 1. The summed E-state index contributed by atoms with van der Waals surface area (Å²) < 4.78 is 0. The van der Waals surface area contributed by atoms with Crippen LogP contribution in [-0.4, -0.2) is 15.9 Å². The summed E-state index contributed by atoms with van der Waals surface area (Å²) in [6, 6.07) is 5.14. The summed E-state index contributed by atoms with van der Waals surface area (Å²) >= 11 is 13.1. The first-order chi connectivity index (χ1) is 10.9. The van der Waals surface area contributed by atoms with Crippen molar-refractivity contribution in [2.24, 2.45) is 5.73 Å². The Labute approximate surface area is 145 Å². The minimum absolute atomic E-state index is 0.295. The average Bonchev–Trinajstić information content (AvgIpc) is 2.80. The highest BCUT2D eigenvalue weighted by molar-refractivity contribution is 7.20. The van der Waals surface area contributed by atoms with Crippen LogP contribution < -0.4 is 11.3 Å². The fourth-order valence-corrected chi connectivity index (χ4v) is 3.88. The van der Waals surface area contributed by atoms with Crippen molar-refractivity contribution in [1.29, 1.82) is 0 Å². The lowest BCUT2D eigenvalue weighted by Gasteiger charge is -2.04. The van der Waals surface area contributed by atoms with E-state index in [1.165, 1.54) is 0 Å². The monoisotopic (exact) mass is 367 g/mol. The van der Waals surface area contributed by atoms with Crippen molar-refractivity contribution >= 4 is 50.7 Å². The molecule has 1 amide bonds. The minimum Gasteiger partial charge on any atom is -0.365 e. The molecule has 0 atom stereocenters. The maximum atomic E-state index is 12.3. The number of nitrogens with two attached hydrogens (primary N) is 1. The van der Waals surface area contributed by atoms with Crippen LogP contribution in [0.4, 0.5) is 0 Å². The second-order valence-corrected chi connectivity index (χ2v) is 6.87. The van der Waals surface area contributed by atoms with Crippen LogP contribution in [-0.2, 0) is 6.42 Å². The lowest BCUT2D eigenvalue weighted by molar-refractivity contribution is 0.100. The maximum absolute atomic E-state index is 12.3. The predicted molar refractivity (Wildman–Crippen MR) is 92.8 cm³/mol. The number of thiophene rings is 1. The second kappa shape index (κ2) is 5.96. The van der Waals surface area contributed by atoms with Gasteiger partial charge in [0.2, 0.25) is 0 Å². The van der Waals surface area contributed by atoms with E-state index in [0.717, 1.165) is 16.9 Å². The van der Waals surface area contributed by atoms with Crippen molar-refractivity contribution in [3.8, 4) is 0 Å². The molecule has 0 radical (unpaired) electrons. The van der Waals surface area contributed by atoms with Gasteiger partial charge >= 0.3 is 0 Å². The predicted octanol–water partition coefficient (Wildman–Crippen LogP) is 3.29. The largest absolute Gasteiger partial charge is 0.365 e. The highest BCUT2D eigenvalue weighted by Gasteiger charge is 2.17. The smallest absolute Gasteiger partial charge is 0.259 e. The number of rotatable bonds is 3. The molecule has 118 valence electrons. The summed E-state index contributed by atoms with van der Waals surface area (Å²) in [5, 5.41) is 1.44. The molecule has 0 saturated carbocycles. The Morgan fingerprint density at radius 2 is 2.13 bits per heavy atom. The maximum Gasteiger partial charge on any atom is 0.259 e. The van der Waals surface area contributed by atoms with Gasteiger partial charge < -0.3 is 10.7 Å². The van der Waals surface area contributed by atoms with E-state index < -0.39 is 5.91 Å². The van der Waals surface area contributed by atoms with E-state index in [4.69, 9.17) is 28.9 Å². The standard InChI is InChI=1S/C15H11Cl2N3O2S/c1-6-11-14(22)19-10(20-15(11)23-12(6)13(18)21)4-7-2-3-8(16)5-9(7)17/h2-3,5H,4H2,1H3,(H2,18,21)(H,19,20,22). The SMILES string of the molecule is Cc1c(C(N)=O)sc2nc(Cc3ccc(Cl)cc3Cl)[nH]c(=O)c12. The molecule has 23 heavy (non-hydrogen) atoms. The third-order valence-electron chi connectivity index (χ3n) is 3.45. The van der Waals surface area contributed by atoms with Gasteiger partial charge in [-0.3, -0.25) is 9.59 Å². The van der Waals surface area contributed by atoms with Gasteiger partial charge in [0.25, 0.3) is 11.5 Å². The molecule has 0 aliphatic heterocycles. The number of benzene rings is 1. The molecular formula is C15H11Cl2N3O2S. The van der Waals surface area contributed by atoms with Gasteiger partial charge in [-0.1, -0.05) is 29.3 Å².